The highest BCUT2D eigenvalue weighted by molar-refractivity contribution is 4.72. The van der Waals surface area contributed by atoms with Crippen LogP contribution in [0.1, 0.15) is 39.0 Å². The predicted octanol–water partition coefficient (Wildman–Crippen LogP) is 1.78. The molecule has 0 aromatic rings. The molecule has 1 aliphatic heterocycles. The Bertz CT molecular complexity index is 188. The molecule has 0 radical (unpaired) electrons. The highest BCUT2D eigenvalue weighted by Crippen LogP contribution is 2.16. The number of hydrogen-bond donors (Lipinski definition) is 1. The van der Waals surface area contributed by atoms with Gasteiger partial charge in [-0.25, -0.2) is 0 Å². The number of rotatable bonds is 7. The molecule has 1 heterocycles. The average Bonchev–Trinajstić information content (AvgIpc) is 2.32. The normalized spacial score (nSPS) is 21.0. The van der Waals surface area contributed by atoms with E-state index >= 15 is 0 Å². The minimum Gasteiger partial charge on any atom is -0.328 e. The Morgan fingerprint density at radius 3 is 2.59 bits per heavy atom. The molecule has 1 rings (SSSR count). The molecule has 17 heavy (non-hydrogen) atoms. The van der Waals surface area contributed by atoms with Crippen molar-refractivity contribution >= 4 is 0 Å². The van der Waals surface area contributed by atoms with E-state index in [1.165, 1.54) is 51.9 Å². The van der Waals surface area contributed by atoms with Crippen molar-refractivity contribution in [1.82, 2.24) is 9.80 Å². The zero-order chi connectivity index (χ0) is 12.7. The first-order valence-corrected chi connectivity index (χ1v) is 7.24. The summed E-state index contributed by atoms with van der Waals surface area (Å²) in [5.41, 5.74) is 5.93. The van der Waals surface area contributed by atoms with E-state index in [0.717, 1.165) is 12.3 Å². The predicted molar refractivity (Wildman–Crippen MR) is 75.2 cm³/mol. The number of nitrogens with two attached hydrogens (primary N) is 1. The van der Waals surface area contributed by atoms with Crippen molar-refractivity contribution in [2.75, 3.05) is 40.3 Å². The quantitative estimate of drug-likeness (QED) is 0.737. The fourth-order valence-corrected chi connectivity index (χ4v) is 2.60. The van der Waals surface area contributed by atoms with Crippen molar-refractivity contribution in [3.63, 3.8) is 0 Å². The highest BCUT2D eigenvalue weighted by Gasteiger charge is 2.17. The Labute approximate surface area is 107 Å². The lowest BCUT2D eigenvalue weighted by Gasteiger charge is -2.31. The SMILES string of the molecule is CCC(N)CCCN(C)CC1CCN(C)CC1. The van der Waals surface area contributed by atoms with Gasteiger partial charge in [-0.15, -0.1) is 0 Å². The van der Waals surface area contributed by atoms with E-state index in [1.807, 2.05) is 0 Å². The molecule has 102 valence electrons. The second-order valence-corrected chi connectivity index (χ2v) is 5.82. The van der Waals surface area contributed by atoms with Crippen LogP contribution in [0, 0.1) is 5.92 Å². The lowest BCUT2D eigenvalue weighted by molar-refractivity contribution is 0.175. The van der Waals surface area contributed by atoms with Crippen LogP contribution in [0.15, 0.2) is 0 Å². The van der Waals surface area contributed by atoms with E-state index in [4.69, 9.17) is 5.73 Å². The molecule has 1 atom stereocenters. The second-order valence-electron chi connectivity index (χ2n) is 5.82. The molecule has 0 aromatic heterocycles. The van der Waals surface area contributed by atoms with E-state index in [9.17, 15) is 0 Å². The van der Waals surface area contributed by atoms with Gasteiger partial charge in [0.2, 0.25) is 0 Å². The molecule has 0 aliphatic carbocycles. The molecule has 1 fully saturated rings. The first-order valence-electron chi connectivity index (χ1n) is 7.24. The summed E-state index contributed by atoms with van der Waals surface area (Å²) in [6.07, 6.45) is 6.27. The van der Waals surface area contributed by atoms with Gasteiger partial charge in [-0.2, -0.15) is 0 Å². The minimum absolute atomic E-state index is 0.409. The third-order valence-corrected chi connectivity index (χ3v) is 4.05. The first-order chi connectivity index (χ1) is 8.11. The minimum atomic E-state index is 0.409. The summed E-state index contributed by atoms with van der Waals surface area (Å²) in [7, 11) is 4.49. The second kappa shape index (κ2) is 8.06. The van der Waals surface area contributed by atoms with Crippen molar-refractivity contribution in [1.29, 1.82) is 0 Å². The van der Waals surface area contributed by atoms with Crippen molar-refractivity contribution in [3.05, 3.63) is 0 Å². The van der Waals surface area contributed by atoms with Crippen LogP contribution in [0.5, 0.6) is 0 Å². The number of nitrogens with zero attached hydrogens (tertiary/aromatic N) is 2. The molecule has 2 N–H and O–H groups in total. The molecule has 0 aromatic carbocycles. The Morgan fingerprint density at radius 1 is 1.35 bits per heavy atom. The van der Waals surface area contributed by atoms with Crippen molar-refractivity contribution in [2.24, 2.45) is 11.7 Å². The standard InChI is InChI=1S/C14H31N3/c1-4-14(15)6-5-9-17(3)12-13-7-10-16(2)11-8-13/h13-14H,4-12,15H2,1-3H3. The van der Waals surface area contributed by atoms with E-state index in [1.54, 1.807) is 0 Å². The summed E-state index contributed by atoms with van der Waals surface area (Å²) >= 11 is 0. The van der Waals surface area contributed by atoms with Gasteiger partial charge in [-0.05, 0) is 71.8 Å². The Kier molecular flexibility index (Phi) is 7.09. The van der Waals surface area contributed by atoms with Gasteiger partial charge in [0.15, 0.2) is 0 Å². The van der Waals surface area contributed by atoms with Crippen molar-refractivity contribution in [3.8, 4) is 0 Å². The number of likely N-dealkylation sites (tertiary alicyclic amines) is 1. The summed E-state index contributed by atoms with van der Waals surface area (Å²) in [6.45, 7) is 7.21. The maximum Gasteiger partial charge on any atom is 0.00366 e. The van der Waals surface area contributed by atoms with E-state index < -0.39 is 0 Å². The van der Waals surface area contributed by atoms with Crippen LogP contribution < -0.4 is 5.73 Å². The van der Waals surface area contributed by atoms with E-state index in [0.29, 0.717) is 6.04 Å². The molecule has 0 saturated carbocycles. The van der Waals surface area contributed by atoms with Gasteiger partial charge in [0.05, 0.1) is 0 Å². The Hall–Kier alpha value is -0.120. The zero-order valence-electron chi connectivity index (χ0n) is 12.0. The molecule has 0 amide bonds. The summed E-state index contributed by atoms with van der Waals surface area (Å²) in [5, 5.41) is 0. The van der Waals surface area contributed by atoms with Crippen molar-refractivity contribution in [2.45, 2.75) is 45.1 Å². The van der Waals surface area contributed by atoms with Gasteiger partial charge in [-0.1, -0.05) is 6.92 Å². The maximum absolute atomic E-state index is 5.93. The van der Waals surface area contributed by atoms with Crippen LogP contribution in [-0.4, -0.2) is 56.1 Å². The van der Waals surface area contributed by atoms with Gasteiger partial charge in [0, 0.05) is 12.6 Å². The molecule has 3 nitrogen and oxygen atoms in total. The van der Waals surface area contributed by atoms with Crippen LogP contribution in [0.2, 0.25) is 0 Å². The summed E-state index contributed by atoms with van der Waals surface area (Å²) in [5.74, 6) is 0.913. The molecule has 1 saturated heterocycles. The number of hydrogen-bond acceptors (Lipinski definition) is 3. The average molecular weight is 241 g/mol. The fourth-order valence-electron chi connectivity index (χ4n) is 2.60. The lowest BCUT2D eigenvalue weighted by Crippen LogP contribution is -2.36. The first kappa shape index (κ1) is 14.9. The van der Waals surface area contributed by atoms with Crippen LogP contribution in [-0.2, 0) is 0 Å². The molecule has 1 unspecified atom stereocenters. The Morgan fingerprint density at radius 2 is 2.00 bits per heavy atom. The fraction of sp³-hybridized carbons (Fsp3) is 1.00. The lowest BCUT2D eigenvalue weighted by atomic mass is 9.96. The van der Waals surface area contributed by atoms with Crippen LogP contribution >= 0.6 is 0 Å². The monoisotopic (exact) mass is 241 g/mol. The number of piperidine rings is 1. The Balaban J connectivity index is 2.06. The van der Waals surface area contributed by atoms with E-state index in [-0.39, 0.29) is 0 Å². The van der Waals surface area contributed by atoms with Crippen LogP contribution in [0.3, 0.4) is 0 Å². The molecule has 3 heteroatoms. The summed E-state index contributed by atoms with van der Waals surface area (Å²) in [4.78, 5) is 4.94. The summed E-state index contributed by atoms with van der Waals surface area (Å²) < 4.78 is 0. The smallest absolute Gasteiger partial charge is 0.00366 e. The van der Waals surface area contributed by atoms with Crippen LogP contribution in [0.4, 0.5) is 0 Å². The largest absolute Gasteiger partial charge is 0.328 e. The maximum atomic E-state index is 5.93. The molecular weight excluding hydrogens is 210 g/mol. The molecular formula is C14H31N3. The van der Waals surface area contributed by atoms with Gasteiger partial charge in [-0.3, -0.25) is 0 Å². The van der Waals surface area contributed by atoms with Gasteiger partial charge < -0.3 is 15.5 Å². The third-order valence-electron chi connectivity index (χ3n) is 4.05. The highest BCUT2D eigenvalue weighted by atomic mass is 15.1. The van der Waals surface area contributed by atoms with Gasteiger partial charge in [0.1, 0.15) is 0 Å². The van der Waals surface area contributed by atoms with Gasteiger partial charge in [0.25, 0.3) is 0 Å². The zero-order valence-corrected chi connectivity index (χ0v) is 12.0. The topological polar surface area (TPSA) is 32.5 Å². The van der Waals surface area contributed by atoms with Gasteiger partial charge >= 0.3 is 0 Å². The summed E-state index contributed by atoms with van der Waals surface area (Å²) in [6, 6.07) is 0.409. The molecule has 0 spiro atoms. The third kappa shape index (κ3) is 6.39. The molecule has 0 bridgehead atoms. The van der Waals surface area contributed by atoms with Crippen molar-refractivity contribution < 1.29 is 0 Å². The molecule has 1 aliphatic rings. The van der Waals surface area contributed by atoms with Crippen LogP contribution in [0.25, 0.3) is 0 Å². The van der Waals surface area contributed by atoms with E-state index in [2.05, 4.69) is 30.8 Å².